The minimum absolute atomic E-state index is 0.851. The molecule has 1 aromatic heterocycles. The van der Waals surface area contributed by atoms with Crippen molar-refractivity contribution in [1.29, 1.82) is 0 Å². The Hall–Kier alpha value is -7.68. The standard InChI is InChI=1S/C56H37NO/c1-3-12-38(13-4-1)41-28-32-48(33-29-41)57(49-34-30-42(31-35-49)39-14-5-2-6-15-39)52-20-11-21-53-55(52)51-37-47-18-9-10-19-50(47)54(56(51)58-53)44-25-22-43(23-26-44)46-27-24-40-16-7-8-17-45(40)36-46/h1-37H. The molecule has 10 aromatic carbocycles. The first-order valence-electron chi connectivity index (χ1n) is 19.8. The molecule has 0 amide bonds. The quantitative estimate of drug-likeness (QED) is 0.162. The Balaban J connectivity index is 1.09. The van der Waals surface area contributed by atoms with Crippen molar-refractivity contribution < 1.29 is 4.42 Å². The first-order valence-corrected chi connectivity index (χ1v) is 19.8. The molecule has 0 saturated heterocycles. The Morgan fingerprint density at radius 2 is 0.810 bits per heavy atom. The number of rotatable bonds is 7. The van der Waals surface area contributed by atoms with E-state index < -0.39 is 0 Å². The lowest BCUT2D eigenvalue weighted by Gasteiger charge is -2.26. The lowest BCUT2D eigenvalue weighted by molar-refractivity contribution is 0.670. The summed E-state index contributed by atoms with van der Waals surface area (Å²) in [5.74, 6) is 0. The molecule has 0 aliphatic rings. The van der Waals surface area contributed by atoms with Gasteiger partial charge in [-0.15, -0.1) is 0 Å². The molecule has 1 heterocycles. The fraction of sp³-hybridized carbons (Fsp3) is 0. The average molecular weight is 740 g/mol. The summed E-state index contributed by atoms with van der Waals surface area (Å²) in [4.78, 5) is 2.37. The van der Waals surface area contributed by atoms with E-state index in [1.54, 1.807) is 0 Å². The maximum Gasteiger partial charge on any atom is 0.143 e. The van der Waals surface area contributed by atoms with Crippen molar-refractivity contribution >= 4 is 60.5 Å². The molecule has 11 aromatic rings. The fourth-order valence-corrected chi connectivity index (χ4v) is 8.57. The van der Waals surface area contributed by atoms with Crippen LogP contribution in [0.2, 0.25) is 0 Å². The van der Waals surface area contributed by atoms with E-state index in [0.717, 1.165) is 50.1 Å². The summed E-state index contributed by atoms with van der Waals surface area (Å²) in [6, 6.07) is 80.5. The van der Waals surface area contributed by atoms with Crippen LogP contribution in [0.15, 0.2) is 229 Å². The van der Waals surface area contributed by atoms with Crippen LogP contribution in [-0.2, 0) is 0 Å². The van der Waals surface area contributed by atoms with Crippen LogP contribution < -0.4 is 4.90 Å². The molecule has 0 fully saturated rings. The zero-order valence-corrected chi connectivity index (χ0v) is 31.7. The molecule has 0 atom stereocenters. The van der Waals surface area contributed by atoms with Gasteiger partial charge in [0.25, 0.3) is 0 Å². The molecule has 272 valence electrons. The Morgan fingerprint density at radius 3 is 1.47 bits per heavy atom. The summed E-state index contributed by atoms with van der Waals surface area (Å²) in [6.07, 6.45) is 0. The van der Waals surface area contributed by atoms with E-state index in [1.165, 1.54) is 54.9 Å². The lowest BCUT2D eigenvalue weighted by atomic mass is 9.93. The third-order valence-electron chi connectivity index (χ3n) is 11.4. The van der Waals surface area contributed by atoms with Crippen LogP contribution in [0.1, 0.15) is 0 Å². The zero-order chi connectivity index (χ0) is 38.4. The van der Waals surface area contributed by atoms with Gasteiger partial charge in [0.05, 0.1) is 11.1 Å². The first-order chi connectivity index (χ1) is 28.7. The second-order valence-electron chi connectivity index (χ2n) is 14.9. The summed E-state index contributed by atoms with van der Waals surface area (Å²) < 4.78 is 7.00. The number of benzene rings is 10. The van der Waals surface area contributed by atoms with Crippen molar-refractivity contribution in [2.24, 2.45) is 0 Å². The molecule has 2 nitrogen and oxygen atoms in total. The van der Waals surface area contributed by atoms with Crippen molar-refractivity contribution in [3.8, 4) is 44.5 Å². The minimum Gasteiger partial charge on any atom is -0.455 e. The van der Waals surface area contributed by atoms with Crippen LogP contribution >= 0.6 is 0 Å². The summed E-state index contributed by atoms with van der Waals surface area (Å²) in [6.45, 7) is 0. The minimum atomic E-state index is 0.851. The number of furan rings is 1. The number of anilines is 3. The SMILES string of the molecule is c1ccc(-c2ccc(N(c3ccc(-c4ccccc4)cc3)c3cccc4oc5c(-c6ccc(-c7ccc8ccccc8c7)cc6)c6ccccc6cc5c34)cc2)cc1. The molecule has 2 heteroatoms. The largest absolute Gasteiger partial charge is 0.455 e. The number of hydrogen-bond donors (Lipinski definition) is 0. The van der Waals surface area contributed by atoms with Gasteiger partial charge in [0.15, 0.2) is 0 Å². The molecule has 0 saturated carbocycles. The zero-order valence-electron chi connectivity index (χ0n) is 31.7. The molecular weight excluding hydrogens is 703 g/mol. The van der Waals surface area contributed by atoms with Gasteiger partial charge in [-0.1, -0.05) is 176 Å². The van der Waals surface area contributed by atoms with E-state index in [-0.39, 0.29) is 0 Å². The van der Waals surface area contributed by atoms with E-state index in [4.69, 9.17) is 4.42 Å². The highest BCUT2D eigenvalue weighted by Gasteiger charge is 2.23. The van der Waals surface area contributed by atoms with Crippen molar-refractivity contribution in [1.82, 2.24) is 0 Å². The van der Waals surface area contributed by atoms with Crippen molar-refractivity contribution in [2.45, 2.75) is 0 Å². The summed E-state index contributed by atoms with van der Waals surface area (Å²) in [7, 11) is 0. The van der Waals surface area contributed by atoms with E-state index in [9.17, 15) is 0 Å². The van der Waals surface area contributed by atoms with Gasteiger partial charge in [-0.3, -0.25) is 0 Å². The number of fused-ring (bicyclic) bond motifs is 5. The van der Waals surface area contributed by atoms with E-state index in [1.807, 2.05) is 0 Å². The van der Waals surface area contributed by atoms with E-state index >= 15 is 0 Å². The number of hydrogen-bond acceptors (Lipinski definition) is 2. The Labute approximate surface area is 337 Å². The molecule has 0 spiro atoms. The number of nitrogens with zero attached hydrogens (tertiary/aromatic N) is 1. The molecule has 0 bridgehead atoms. The fourth-order valence-electron chi connectivity index (χ4n) is 8.57. The Morgan fingerprint density at radius 1 is 0.310 bits per heavy atom. The monoisotopic (exact) mass is 739 g/mol. The third-order valence-corrected chi connectivity index (χ3v) is 11.4. The molecule has 0 N–H and O–H groups in total. The van der Waals surface area contributed by atoms with Gasteiger partial charge < -0.3 is 9.32 Å². The Kier molecular flexibility index (Phi) is 8.19. The van der Waals surface area contributed by atoms with Gasteiger partial charge in [0, 0.05) is 22.3 Å². The van der Waals surface area contributed by atoms with Crippen LogP contribution in [0.25, 0.3) is 88.0 Å². The van der Waals surface area contributed by atoms with Crippen LogP contribution in [0.5, 0.6) is 0 Å². The van der Waals surface area contributed by atoms with Crippen LogP contribution in [0.3, 0.4) is 0 Å². The second kappa shape index (κ2) is 14.1. The molecule has 0 aliphatic heterocycles. The second-order valence-corrected chi connectivity index (χ2v) is 14.9. The summed E-state index contributed by atoms with van der Waals surface area (Å²) >= 11 is 0. The van der Waals surface area contributed by atoms with Crippen LogP contribution in [-0.4, -0.2) is 0 Å². The normalized spacial score (nSPS) is 11.4. The van der Waals surface area contributed by atoms with E-state index in [2.05, 4.69) is 229 Å². The van der Waals surface area contributed by atoms with Gasteiger partial charge in [0.2, 0.25) is 0 Å². The van der Waals surface area contributed by atoms with Gasteiger partial charge in [-0.05, 0) is 109 Å². The highest BCUT2D eigenvalue weighted by atomic mass is 16.3. The molecular formula is C56H37NO. The highest BCUT2D eigenvalue weighted by Crippen LogP contribution is 2.47. The van der Waals surface area contributed by atoms with Gasteiger partial charge >= 0.3 is 0 Å². The maximum absolute atomic E-state index is 7.00. The molecule has 0 aliphatic carbocycles. The summed E-state index contributed by atoms with van der Waals surface area (Å²) in [5, 5.41) is 7.00. The average Bonchev–Trinajstić information content (AvgIpc) is 3.68. The Bertz CT molecular complexity index is 3150. The first kappa shape index (κ1) is 33.6. The van der Waals surface area contributed by atoms with Gasteiger partial charge in [-0.2, -0.15) is 0 Å². The predicted molar refractivity (Wildman–Crippen MR) is 245 cm³/mol. The van der Waals surface area contributed by atoms with Gasteiger partial charge in [0.1, 0.15) is 11.2 Å². The van der Waals surface area contributed by atoms with E-state index in [0.29, 0.717) is 0 Å². The van der Waals surface area contributed by atoms with Crippen LogP contribution in [0, 0.1) is 0 Å². The molecule has 0 unspecified atom stereocenters. The van der Waals surface area contributed by atoms with Crippen molar-refractivity contribution in [2.75, 3.05) is 4.90 Å². The van der Waals surface area contributed by atoms with Crippen molar-refractivity contribution in [3.63, 3.8) is 0 Å². The lowest BCUT2D eigenvalue weighted by Crippen LogP contribution is -2.10. The predicted octanol–water partition coefficient (Wildman–Crippen LogP) is 16.0. The van der Waals surface area contributed by atoms with Crippen LogP contribution in [0.4, 0.5) is 17.1 Å². The molecule has 0 radical (unpaired) electrons. The molecule has 58 heavy (non-hydrogen) atoms. The molecule has 11 rings (SSSR count). The van der Waals surface area contributed by atoms with Crippen molar-refractivity contribution in [3.05, 3.63) is 224 Å². The smallest absolute Gasteiger partial charge is 0.143 e. The third kappa shape index (κ3) is 5.91. The topological polar surface area (TPSA) is 16.4 Å². The van der Waals surface area contributed by atoms with Gasteiger partial charge in [-0.25, -0.2) is 0 Å². The maximum atomic E-state index is 7.00. The highest BCUT2D eigenvalue weighted by molar-refractivity contribution is 6.22. The summed E-state index contributed by atoms with van der Waals surface area (Å²) in [5.41, 5.74) is 14.3.